The Morgan fingerprint density at radius 2 is 1.06 bits per heavy atom. The Balaban J connectivity index is 0.000000174. The van der Waals surface area contributed by atoms with Crippen LogP contribution in [0.15, 0.2) is 132 Å². The van der Waals surface area contributed by atoms with Gasteiger partial charge in [-0.3, -0.25) is 24.4 Å². The van der Waals surface area contributed by atoms with Gasteiger partial charge in [-0.25, -0.2) is 50.1 Å². The molecule has 23 heteroatoms. The van der Waals surface area contributed by atoms with Crippen molar-refractivity contribution in [1.29, 1.82) is 0 Å². The average molecular weight is 976 g/mol. The number of nitrogens with zero attached hydrogens (tertiary/aromatic N) is 8. The summed E-state index contributed by atoms with van der Waals surface area (Å²) in [4.78, 5) is 54.1. The van der Waals surface area contributed by atoms with Crippen molar-refractivity contribution < 1.29 is 44.7 Å². The van der Waals surface area contributed by atoms with E-state index in [9.17, 15) is 40.0 Å². The van der Waals surface area contributed by atoms with Crippen molar-refractivity contribution in [3.63, 3.8) is 0 Å². The number of hydrogen-bond acceptors (Lipinski definition) is 14. The molecule has 10 rings (SSSR count). The number of sulfonamides is 1. The molecule has 0 atom stereocenters. The van der Waals surface area contributed by atoms with Gasteiger partial charge in [-0.05, 0) is 97.5 Å². The Labute approximate surface area is 391 Å². The van der Waals surface area contributed by atoms with Gasteiger partial charge in [-0.1, -0.05) is 12.1 Å². The van der Waals surface area contributed by atoms with Gasteiger partial charge in [-0.15, -0.1) is 0 Å². The molecule has 0 spiro atoms. The van der Waals surface area contributed by atoms with Gasteiger partial charge >= 0.3 is 5.97 Å². The number of nitrogens with two attached hydrogens (primary N) is 1. The fourth-order valence-electron chi connectivity index (χ4n) is 7.72. The van der Waals surface area contributed by atoms with Crippen molar-refractivity contribution in [2.75, 3.05) is 12.9 Å². The van der Waals surface area contributed by atoms with E-state index in [2.05, 4.69) is 45.5 Å². The van der Waals surface area contributed by atoms with Crippen LogP contribution in [0.2, 0.25) is 0 Å². The highest BCUT2D eigenvalue weighted by molar-refractivity contribution is 7.91. The highest BCUT2D eigenvalue weighted by atomic mass is 32.2. The van der Waals surface area contributed by atoms with Crippen molar-refractivity contribution in [3.05, 3.63) is 156 Å². The third-order valence-corrected chi connectivity index (χ3v) is 14.3. The molecule has 8 aromatic rings. The lowest BCUT2D eigenvalue weighted by atomic mass is 10.1. The predicted molar refractivity (Wildman–Crippen MR) is 243 cm³/mol. The summed E-state index contributed by atoms with van der Waals surface area (Å²) in [6.45, 7) is 0. The highest BCUT2D eigenvalue weighted by Gasteiger charge is 2.47. The Morgan fingerprint density at radius 3 is 1.43 bits per heavy atom. The molecule has 2 fully saturated rings. The summed E-state index contributed by atoms with van der Waals surface area (Å²) in [5.74, 6) is -2.44. The lowest BCUT2D eigenvalue weighted by Crippen LogP contribution is -2.35. The van der Waals surface area contributed by atoms with Gasteiger partial charge in [0.15, 0.2) is 19.9 Å². The number of nitrogens with one attached hydrogen (secondary N) is 2. The minimum Gasteiger partial charge on any atom is -0.469 e. The first kappa shape index (κ1) is 46.2. The van der Waals surface area contributed by atoms with Crippen LogP contribution in [0, 0.1) is 11.6 Å². The quantitative estimate of drug-likeness (QED) is 0.132. The zero-order valence-corrected chi connectivity index (χ0v) is 37.9. The lowest BCUT2D eigenvalue weighted by Gasteiger charge is -2.18. The van der Waals surface area contributed by atoms with Crippen LogP contribution in [0.25, 0.3) is 33.2 Å². The molecule has 19 nitrogen and oxygen atoms in total. The molecule has 2 aliphatic rings. The summed E-state index contributed by atoms with van der Waals surface area (Å²) >= 11 is 0. The van der Waals surface area contributed by atoms with E-state index in [1.54, 1.807) is 70.5 Å². The number of pyridine rings is 4. The fourth-order valence-corrected chi connectivity index (χ4v) is 9.31. The van der Waals surface area contributed by atoms with E-state index in [4.69, 9.17) is 5.14 Å². The Hall–Kier alpha value is -7.89. The first-order chi connectivity index (χ1) is 33.0. The number of fused-ring (bicyclic) bond motifs is 2. The normalized spacial score (nSPS) is 14.6. The number of carbonyl (C=O) groups is 3. The third kappa shape index (κ3) is 9.51. The van der Waals surface area contributed by atoms with Crippen molar-refractivity contribution >= 4 is 59.5 Å². The number of ether oxygens (including phenoxy) is 1. The first-order valence-electron chi connectivity index (χ1n) is 21.1. The molecule has 0 unspecified atom stereocenters. The van der Waals surface area contributed by atoms with E-state index < -0.39 is 42.7 Å². The number of halogens is 2. The molecule has 2 aromatic carbocycles. The van der Waals surface area contributed by atoms with Crippen LogP contribution < -0.4 is 15.8 Å². The largest absolute Gasteiger partial charge is 0.469 e. The molecule has 2 aliphatic carbocycles. The predicted octanol–water partition coefficient (Wildman–Crippen LogP) is 4.73. The highest BCUT2D eigenvalue weighted by Crippen LogP contribution is 2.47. The van der Waals surface area contributed by atoms with Crippen LogP contribution >= 0.6 is 0 Å². The van der Waals surface area contributed by atoms with E-state index in [0.29, 0.717) is 81.1 Å². The maximum atomic E-state index is 13.3. The maximum absolute atomic E-state index is 13.3. The minimum absolute atomic E-state index is 0.149. The molecule has 0 bridgehead atoms. The van der Waals surface area contributed by atoms with E-state index in [1.165, 1.54) is 68.3 Å². The average Bonchev–Trinajstić information content (AvgIpc) is 4.22. The molecular weight excluding hydrogens is 937 g/mol. The number of esters is 1. The van der Waals surface area contributed by atoms with Crippen molar-refractivity contribution in [2.45, 2.75) is 53.2 Å². The molecule has 4 N–H and O–H groups in total. The number of benzene rings is 2. The number of rotatable bonds is 13. The molecule has 0 radical (unpaired) electrons. The van der Waals surface area contributed by atoms with Crippen LogP contribution in [0.1, 0.15) is 63.9 Å². The van der Waals surface area contributed by atoms with E-state index in [1.807, 2.05) is 0 Å². The molecule has 69 heavy (non-hydrogen) atoms. The zero-order chi connectivity index (χ0) is 48.7. The second-order valence-electron chi connectivity index (χ2n) is 16.3. The summed E-state index contributed by atoms with van der Waals surface area (Å²) in [7, 11) is -6.46. The van der Waals surface area contributed by atoms with Crippen molar-refractivity contribution in [2.24, 2.45) is 5.14 Å². The second-order valence-corrected chi connectivity index (χ2v) is 19.9. The number of primary sulfonamides is 1. The number of carbonyl (C=O) groups excluding carboxylic acids is 3. The first-order valence-corrected chi connectivity index (χ1v) is 24.2. The molecule has 352 valence electrons. The maximum Gasteiger partial charge on any atom is 0.306 e. The summed E-state index contributed by atoms with van der Waals surface area (Å²) in [5.41, 5.74) is 3.20. The van der Waals surface area contributed by atoms with Gasteiger partial charge in [0.2, 0.25) is 0 Å². The van der Waals surface area contributed by atoms with Gasteiger partial charge in [-0.2, -0.15) is 10.2 Å². The molecule has 0 saturated heterocycles. The number of hydrogen-bond donors (Lipinski definition) is 3. The van der Waals surface area contributed by atoms with Gasteiger partial charge in [0.25, 0.3) is 21.8 Å². The van der Waals surface area contributed by atoms with Gasteiger partial charge in [0, 0.05) is 35.6 Å². The summed E-state index contributed by atoms with van der Waals surface area (Å²) in [6, 6.07) is 17.6. The summed E-state index contributed by atoms with van der Waals surface area (Å²) in [5, 5.41) is 20.6. The number of amides is 2. The molecule has 2 amide bonds. The summed E-state index contributed by atoms with van der Waals surface area (Å²) < 4.78 is 82.0. The standard InChI is InChI=1S/C25H22FN5O5S.C21H17FN6O3S/c1-36-23(32)8-11-37(34,35)22-7-2-16(12-28-22)25(9-10-25)30-24(33)20-13-27-15-21-19(20)14-29-31(21)18-5-3-17(26)4-6-18;22-14-2-4-15(5-3-14)28-18-12-24-10-17(16(18)11-26-28)20(29)27-21(7-8-21)13-1-6-19(25-9-13)32(23,30)31/h2-7,12-15H,8-11H2,1H3,(H,30,33);1-6,9-12H,7-8H2,(H,27,29)(H2,23,30,31). The molecule has 6 aromatic heterocycles. The Kier molecular flexibility index (Phi) is 12.0. The molecular formula is C46H39F2N11O8S2. The number of sulfone groups is 1. The minimum atomic E-state index is -3.89. The molecule has 6 heterocycles. The van der Waals surface area contributed by atoms with E-state index >= 15 is 0 Å². The van der Waals surface area contributed by atoms with Crippen LogP contribution in [-0.2, 0) is 40.5 Å². The van der Waals surface area contributed by atoms with E-state index in [-0.39, 0.29) is 39.9 Å². The Bertz CT molecular complexity index is 3510. The van der Waals surface area contributed by atoms with E-state index in [0.717, 1.165) is 0 Å². The Morgan fingerprint density at radius 1 is 0.623 bits per heavy atom. The second kappa shape index (κ2) is 18.0. The fraction of sp³-hybridized carbons (Fsp3) is 0.196. The van der Waals surface area contributed by atoms with Gasteiger partial charge in [0.05, 0.1) is 88.7 Å². The topological polar surface area (TPSA) is 266 Å². The van der Waals surface area contributed by atoms with Crippen LogP contribution in [-0.4, -0.2) is 87.0 Å². The monoisotopic (exact) mass is 975 g/mol. The van der Waals surface area contributed by atoms with Crippen LogP contribution in [0.4, 0.5) is 8.78 Å². The van der Waals surface area contributed by atoms with Crippen LogP contribution in [0.5, 0.6) is 0 Å². The zero-order valence-electron chi connectivity index (χ0n) is 36.3. The molecule has 2 saturated carbocycles. The van der Waals surface area contributed by atoms with Crippen LogP contribution in [0.3, 0.4) is 0 Å². The lowest BCUT2D eigenvalue weighted by molar-refractivity contribution is -0.140. The number of methoxy groups -OCH3 is 1. The van der Waals surface area contributed by atoms with Gasteiger partial charge in [0.1, 0.15) is 11.6 Å². The molecule has 0 aliphatic heterocycles. The number of aromatic nitrogens is 8. The third-order valence-electron chi connectivity index (χ3n) is 11.8. The van der Waals surface area contributed by atoms with Crippen molar-refractivity contribution in [1.82, 2.24) is 50.1 Å². The van der Waals surface area contributed by atoms with Crippen molar-refractivity contribution in [3.8, 4) is 11.4 Å². The summed E-state index contributed by atoms with van der Waals surface area (Å²) in [6.07, 6.45) is 14.5. The van der Waals surface area contributed by atoms with Gasteiger partial charge < -0.3 is 15.4 Å². The smallest absolute Gasteiger partial charge is 0.306 e. The SMILES string of the molecule is COC(=O)CCS(=O)(=O)c1ccc(C2(NC(=O)c3cncc4c3cnn4-c3ccc(F)cc3)CC2)cn1.NS(=O)(=O)c1ccc(C2(NC(=O)c3cncc4c3cnn4-c3ccc(F)cc3)CC2)cn1.